The Balaban J connectivity index is 1.66. The van der Waals surface area contributed by atoms with Gasteiger partial charge >= 0.3 is 0 Å². The highest BCUT2D eigenvalue weighted by molar-refractivity contribution is 6.42. The molecule has 6 heteroatoms. The van der Waals surface area contributed by atoms with Crippen LogP contribution in [0.4, 0.5) is 0 Å². The average molecular weight is 384 g/mol. The van der Waals surface area contributed by atoms with E-state index < -0.39 is 0 Å². The van der Waals surface area contributed by atoms with Crippen molar-refractivity contribution in [3.63, 3.8) is 0 Å². The zero-order chi connectivity index (χ0) is 17.3. The molecule has 1 heterocycles. The molecule has 3 rings (SSSR count). The van der Waals surface area contributed by atoms with Crippen LogP contribution in [0.15, 0.2) is 36.4 Å². The lowest BCUT2D eigenvalue weighted by molar-refractivity contribution is 0.0934. The highest BCUT2D eigenvalue weighted by Crippen LogP contribution is 2.25. The summed E-state index contributed by atoms with van der Waals surface area (Å²) >= 11 is 17.9. The molecule has 1 aliphatic rings. The van der Waals surface area contributed by atoms with Crippen LogP contribution in [0.1, 0.15) is 21.5 Å². The molecule has 1 N–H and O–H groups in total. The van der Waals surface area contributed by atoms with Gasteiger partial charge < -0.3 is 5.32 Å². The number of benzene rings is 2. The van der Waals surface area contributed by atoms with Gasteiger partial charge in [-0.3, -0.25) is 9.69 Å². The molecule has 1 aliphatic heterocycles. The zero-order valence-corrected chi connectivity index (χ0v) is 15.4. The van der Waals surface area contributed by atoms with E-state index in [1.807, 2.05) is 12.1 Å². The van der Waals surface area contributed by atoms with Crippen LogP contribution < -0.4 is 5.32 Å². The van der Waals surface area contributed by atoms with Crippen molar-refractivity contribution >= 4 is 40.7 Å². The molecule has 1 atom stereocenters. The number of rotatable bonds is 3. The lowest BCUT2D eigenvalue weighted by Gasteiger charge is -2.34. The van der Waals surface area contributed by atoms with Crippen molar-refractivity contribution in [1.29, 1.82) is 0 Å². The van der Waals surface area contributed by atoms with E-state index >= 15 is 0 Å². The molecule has 2 aromatic carbocycles. The number of nitrogens with one attached hydrogen (secondary N) is 1. The molecule has 0 radical (unpaired) electrons. The minimum atomic E-state index is -0.154. The van der Waals surface area contributed by atoms with Crippen molar-refractivity contribution in [2.24, 2.45) is 0 Å². The highest BCUT2D eigenvalue weighted by atomic mass is 35.5. The van der Waals surface area contributed by atoms with Crippen LogP contribution in [0.5, 0.6) is 0 Å². The fraction of sp³-hybridized carbons (Fsp3) is 0.278. The van der Waals surface area contributed by atoms with Crippen molar-refractivity contribution in [3.8, 4) is 0 Å². The molecule has 0 unspecified atom stereocenters. The normalized spacial score (nSPS) is 17.4. The van der Waals surface area contributed by atoms with Crippen molar-refractivity contribution in [3.05, 3.63) is 68.2 Å². The number of hydrogen-bond acceptors (Lipinski definition) is 2. The summed E-state index contributed by atoms with van der Waals surface area (Å²) in [4.78, 5) is 14.5. The molecule has 0 aliphatic carbocycles. The molecule has 3 nitrogen and oxygen atoms in total. The first-order valence-electron chi connectivity index (χ1n) is 7.65. The number of nitrogens with zero attached hydrogens (tertiary/aromatic N) is 1. The Labute approximate surface area is 156 Å². The summed E-state index contributed by atoms with van der Waals surface area (Å²) < 4.78 is 0. The predicted molar refractivity (Wildman–Crippen MR) is 99.2 cm³/mol. The summed E-state index contributed by atoms with van der Waals surface area (Å²) in [7, 11) is 2.06. The van der Waals surface area contributed by atoms with Crippen LogP contribution in [-0.2, 0) is 13.0 Å². The Morgan fingerprint density at radius 1 is 1.12 bits per heavy atom. The van der Waals surface area contributed by atoms with Crippen molar-refractivity contribution in [2.45, 2.75) is 19.0 Å². The Morgan fingerprint density at radius 3 is 2.67 bits per heavy atom. The van der Waals surface area contributed by atoms with Crippen molar-refractivity contribution in [1.82, 2.24) is 10.2 Å². The Kier molecular flexibility index (Phi) is 5.36. The Morgan fingerprint density at radius 2 is 1.92 bits per heavy atom. The standard InChI is InChI=1S/C18H17Cl3N2O/c1-23-10-12-2-4-14(19)6-13(12)7-15(23)9-22-18(24)11-3-5-16(20)17(21)8-11/h2-6,8,15H,7,9-10H2,1H3,(H,22,24)/t15-/m0/s1. The molecule has 0 saturated carbocycles. The van der Waals surface area contributed by atoms with Gasteiger partial charge in [0.1, 0.15) is 0 Å². The lowest BCUT2D eigenvalue weighted by Crippen LogP contribution is -2.45. The molecule has 0 saturated heterocycles. The van der Waals surface area contributed by atoms with Gasteiger partial charge in [-0.15, -0.1) is 0 Å². The molecular formula is C18H17Cl3N2O. The van der Waals surface area contributed by atoms with Gasteiger partial charge in [0.2, 0.25) is 0 Å². The second kappa shape index (κ2) is 7.32. The van der Waals surface area contributed by atoms with Crippen molar-refractivity contribution < 1.29 is 4.79 Å². The molecule has 1 amide bonds. The number of hydrogen-bond donors (Lipinski definition) is 1. The summed E-state index contributed by atoms with van der Waals surface area (Å²) in [5.41, 5.74) is 3.04. The quantitative estimate of drug-likeness (QED) is 0.850. The SMILES string of the molecule is CN1Cc2ccc(Cl)cc2C[C@H]1CNC(=O)c1ccc(Cl)c(Cl)c1. The number of carbonyl (C=O) groups excluding carboxylic acids is 1. The Hall–Kier alpha value is -1.26. The van der Waals surface area contributed by atoms with Gasteiger partial charge in [0.15, 0.2) is 0 Å². The predicted octanol–water partition coefficient (Wildman–Crippen LogP) is 4.43. The lowest BCUT2D eigenvalue weighted by atomic mass is 9.94. The molecule has 0 fully saturated rings. The van der Waals surface area contributed by atoms with Crippen molar-refractivity contribution in [2.75, 3.05) is 13.6 Å². The maximum atomic E-state index is 12.3. The fourth-order valence-corrected chi connectivity index (χ4v) is 3.42. The maximum Gasteiger partial charge on any atom is 0.251 e. The third-order valence-electron chi connectivity index (χ3n) is 4.35. The first-order chi connectivity index (χ1) is 11.4. The topological polar surface area (TPSA) is 32.3 Å². The van der Waals surface area contributed by atoms with Gasteiger partial charge in [-0.2, -0.15) is 0 Å². The zero-order valence-electron chi connectivity index (χ0n) is 13.2. The van der Waals surface area contributed by atoms with Gasteiger partial charge in [-0.1, -0.05) is 40.9 Å². The van der Waals surface area contributed by atoms with Crippen LogP contribution in [0.2, 0.25) is 15.1 Å². The van der Waals surface area contributed by atoms with E-state index in [0.29, 0.717) is 22.2 Å². The van der Waals surface area contributed by atoms with Gasteiger partial charge in [0.25, 0.3) is 5.91 Å². The van der Waals surface area contributed by atoms with E-state index in [1.54, 1.807) is 18.2 Å². The van der Waals surface area contributed by atoms with Gasteiger partial charge in [0.05, 0.1) is 10.0 Å². The van der Waals surface area contributed by atoms with Gasteiger partial charge in [-0.25, -0.2) is 0 Å². The minimum absolute atomic E-state index is 0.154. The van der Waals surface area contributed by atoms with Gasteiger partial charge in [-0.05, 0) is 54.9 Å². The van der Waals surface area contributed by atoms with Crippen LogP contribution in [0, 0.1) is 0 Å². The summed E-state index contributed by atoms with van der Waals surface area (Å²) in [5, 5.41) is 4.54. The van der Waals surface area contributed by atoms with Crippen LogP contribution >= 0.6 is 34.8 Å². The molecule has 24 heavy (non-hydrogen) atoms. The number of carbonyl (C=O) groups is 1. The van der Waals surface area contributed by atoms with E-state index in [4.69, 9.17) is 34.8 Å². The van der Waals surface area contributed by atoms with E-state index in [2.05, 4.69) is 23.3 Å². The second-order valence-electron chi connectivity index (χ2n) is 6.03. The number of amides is 1. The first kappa shape index (κ1) is 17.6. The monoisotopic (exact) mass is 382 g/mol. The average Bonchev–Trinajstić information content (AvgIpc) is 2.55. The number of likely N-dealkylation sites (N-methyl/N-ethyl adjacent to an activating group) is 1. The fourth-order valence-electron chi connectivity index (χ4n) is 2.92. The molecule has 0 aromatic heterocycles. The Bertz CT molecular complexity index is 779. The molecule has 0 spiro atoms. The summed E-state index contributed by atoms with van der Waals surface area (Å²) in [5.74, 6) is -0.154. The van der Waals surface area contributed by atoms with E-state index in [0.717, 1.165) is 18.0 Å². The minimum Gasteiger partial charge on any atom is -0.350 e. The number of fused-ring (bicyclic) bond motifs is 1. The summed E-state index contributed by atoms with van der Waals surface area (Å²) in [6.45, 7) is 1.40. The summed E-state index contributed by atoms with van der Waals surface area (Å²) in [6.07, 6.45) is 0.855. The van der Waals surface area contributed by atoms with E-state index in [1.165, 1.54) is 11.1 Å². The molecule has 2 aromatic rings. The maximum absolute atomic E-state index is 12.3. The van der Waals surface area contributed by atoms with Crippen LogP contribution in [0.3, 0.4) is 0 Å². The third-order valence-corrected chi connectivity index (χ3v) is 5.32. The molecular weight excluding hydrogens is 367 g/mol. The third kappa shape index (κ3) is 3.86. The largest absolute Gasteiger partial charge is 0.350 e. The highest BCUT2D eigenvalue weighted by Gasteiger charge is 2.24. The molecule has 126 valence electrons. The second-order valence-corrected chi connectivity index (χ2v) is 7.28. The van der Waals surface area contributed by atoms with E-state index in [9.17, 15) is 4.79 Å². The summed E-state index contributed by atoms with van der Waals surface area (Å²) in [6, 6.07) is 11.1. The van der Waals surface area contributed by atoms with Crippen LogP contribution in [-0.4, -0.2) is 30.4 Å². The smallest absolute Gasteiger partial charge is 0.251 e. The first-order valence-corrected chi connectivity index (χ1v) is 8.78. The van der Waals surface area contributed by atoms with Gasteiger partial charge in [0, 0.05) is 29.7 Å². The van der Waals surface area contributed by atoms with Crippen LogP contribution in [0.25, 0.3) is 0 Å². The van der Waals surface area contributed by atoms with E-state index in [-0.39, 0.29) is 11.9 Å². The number of halogens is 3. The molecule has 0 bridgehead atoms.